The van der Waals surface area contributed by atoms with Crippen LogP contribution in [-0.4, -0.2) is 10.1 Å². The van der Waals surface area contributed by atoms with E-state index >= 15 is 0 Å². The van der Waals surface area contributed by atoms with E-state index in [4.69, 9.17) is 21.1 Å². The lowest BCUT2D eigenvalue weighted by Gasteiger charge is -2.02. The van der Waals surface area contributed by atoms with E-state index in [1.54, 1.807) is 6.07 Å². The van der Waals surface area contributed by atoms with Crippen molar-refractivity contribution in [1.82, 2.24) is 4.98 Å². The van der Waals surface area contributed by atoms with Crippen molar-refractivity contribution < 1.29 is 9.52 Å². The number of para-hydroxylation sites is 2. The first-order chi connectivity index (χ1) is 9.26. The van der Waals surface area contributed by atoms with E-state index in [1.165, 1.54) is 11.8 Å². The van der Waals surface area contributed by atoms with Crippen LogP contribution in [0.15, 0.2) is 57.0 Å². The van der Waals surface area contributed by atoms with E-state index in [0.29, 0.717) is 10.2 Å². The van der Waals surface area contributed by atoms with Crippen LogP contribution in [0.3, 0.4) is 0 Å². The fourth-order valence-corrected chi connectivity index (χ4v) is 2.79. The van der Waals surface area contributed by atoms with Crippen molar-refractivity contribution in [1.29, 1.82) is 0 Å². The lowest BCUT2D eigenvalue weighted by Crippen LogP contribution is -1.83. The molecule has 0 bridgehead atoms. The number of halogens is 1. The summed E-state index contributed by atoms with van der Waals surface area (Å²) in [4.78, 5) is 5.23. The van der Waals surface area contributed by atoms with Crippen LogP contribution in [0.5, 0.6) is 0 Å². The standard InChI is InChI=1S/C14H10ClNO2S/c15-10-7-9(8-17)5-6-13(10)19-14-16-11-3-1-2-4-12(11)18-14/h1-7,17H,8H2. The van der Waals surface area contributed by atoms with Crippen LogP contribution in [0.2, 0.25) is 5.02 Å². The second-order valence-corrected chi connectivity index (χ2v) is 5.37. The van der Waals surface area contributed by atoms with E-state index in [-0.39, 0.29) is 6.61 Å². The number of benzene rings is 2. The maximum Gasteiger partial charge on any atom is 0.261 e. The average Bonchev–Trinajstić information content (AvgIpc) is 2.83. The molecule has 1 heterocycles. The van der Waals surface area contributed by atoms with Crippen molar-refractivity contribution in [3.05, 3.63) is 53.1 Å². The molecule has 3 nitrogen and oxygen atoms in total. The molecule has 3 rings (SSSR count). The minimum atomic E-state index is -0.0203. The molecule has 0 aliphatic rings. The molecule has 0 radical (unpaired) electrons. The van der Waals surface area contributed by atoms with Gasteiger partial charge in [-0.3, -0.25) is 0 Å². The summed E-state index contributed by atoms with van der Waals surface area (Å²) in [5.74, 6) is 0. The summed E-state index contributed by atoms with van der Waals surface area (Å²) in [6.07, 6.45) is 0. The summed E-state index contributed by atoms with van der Waals surface area (Å²) in [7, 11) is 0. The molecule has 1 N–H and O–H groups in total. The summed E-state index contributed by atoms with van der Waals surface area (Å²) in [6.45, 7) is -0.0203. The van der Waals surface area contributed by atoms with Crippen LogP contribution in [0.25, 0.3) is 11.1 Å². The monoisotopic (exact) mass is 291 g/mol. The summed E-state index contributed by atoms with van der Waals surface area (Å²) in [5.41, 5.74) is 2.37. The smallest absolute Gasteiger partial charge is 0.261 e. The number of aliphatic hydroxyl groups excluding tert-OH is 1. The van der Waals surface area contributed by atoms with Gasteiger partial charge in [-0.1, -0.05) is 29.8 Å². The number of nitrogens with zero attached hydrogens (tertiary/aromatic N) is 1. The molecule has 0 fully saturated rings. The Morgan fingerprint density at radius 2 is 2.05 bits per heavy atom. The zero-order chi connectivity index (χ0) is 13.2. The highest BCUT2D eigenvalue weighted by Gasteiger charge is 2.09. The molecule has 0 aliphatic heterocycles. The molecular formula is C14H10ClNO2S. The van der Waals surface area contributed by atoms with E-state index in [1.807, 2.05) is 36.4 Å². The number of aromatic nitrogens is 1. The highest BCUT2D eigenvalue weighted by molar-refractivity contribution is 7.99. The third-order valence-electron chi connectivity index (χ3n) is 2.65. The van der Waals surface area contributed by atoms with Crippen molar-refractivity contribution >= 4 is 34.5 Å². The van der Waals surface area contributed by atoms with Gasteiger partial charge in [0.25, 0.3) is 5.22 Å². The molecule has 0 saturated heterocycles. The Balaban J connectivity index is 1.92. The first-order valence-electron chi connectivity index (χ1n) is 5.69. The van der Waals surface area contributed by atoms with Crippen LogP contribution >= 0.6 is 23.4 Å². The molecule has 0 spiro atoms. The van der Waals surface area contributed by atoms with Gasteiger partial charge >= 0.3 is 0 Å². The minimum absolute atomic E-state index is 0.0203. The maximum atomic E-state index is 9.04. The van der Waals surface area contributed by atoms with Gasteiger partial charge in [-0.25, -0.2) is 4.98 Å². The average molecular weight is 292 g/mol. The number of rotatable bonds is 3. The van der Waals surface area contributed by atoms with E-state index < -0.39 is 0 Å². The molecule has 0 amide bonds. The lowest BCUT2D eigenvalue weighted by atomic mass is 10.2. The zero-order valence-electron chi connectivity index (χ0n) is 9.84. The van der Waals surface area contributed by atoms with Crippen LogP contribution in [0.1, 0.15) is 5.56 Å². The quantitative estimate of drug-likeness (QED) is 0.788. The summed E-state index contributed by atoms with van der Waals surface area (Å²) >= 11 is 7.52. The Kier molecular flexibility index (Phi) is 3.46. The second kappa shape index (κ2) is 5.25. The van der Waals surface area contributed by atoms with Crippen LogP contribution in [0, 0.1) is 0 Å². The number of oxazole rings is 1. The van der Waals surface area contributed by atoms with Gasteiger partial charge in [0.05, 0.1) is 11.6 Å². The van der Waals surface area contributed by atoms with E-state index in [2.05, 4.69) is 4.98 Å². The molecule has 96 valence electrons. The molecule has 19 heavy (non-hydrogen) atoms. The van der Waals surface area contributed by atoms with Gasteiger partial charge in [0.2, 0.25) is 0 Å². The van der Waals surface area contributed by atoms with Crippen molar-refractivity contribution in [2.24, 2.45) is 0 Å². The predicted molar refractivity (Wildman–Crippen MR) is 75.5 cm³/mol. The van der Waals surface area contributed by atoms with Crippen molar-refractivity contribution in [2.45, 2.75) is 16.7 Å². The first kappa shape index (κ1) is 12.5. The van der Waals surface area contributed by atoms with Crippen molar-refractivity contribution in [3.63, 3.8) is 0 Å². The Labute approximate surface area is 119 Å². The SMILES string of the molecule is OCc1ccc(Sc2nc3ccccc3o2)c(Cl)c1. The Bertz CT molecular complexity index is 693. The fraction of sp³-hybridized carbons (Fsp3) is 0.0714. The Morgan fingerprint density at radius 3 is 2.79 bits per heavy atom. The zero-order valence-corrected chi connectivity index (χ0v) is 11.4. The summed E-state index contributed by atoms with van der Waals surface area (Å²) in [6, 6.07) is 13.0. The second-order valence-electron chi connectivity index (χ2n) is 3.97. The van der Waals surface area contributed by atoms with Gasteiger partial charge < -0.3 is 9.52 Å². The highest BCUT2D eigenvalue weighted by atomic mass is 35.5. The van der Waals surface area contributed by atoms with E-state index in [0.717, 1.165) is 21.6 Å². The van der Waals surface area contributed by atoms with Crippen molar-refractivity contribution in [2.75, 3.05) is 0 Å². The third kappa shape index (κ3) is 2.61. The van der Waals surface area contributed by atoms with Crippen LogP contribution in [0.4, 0.5) is 0 Å². The van der Waals surface area contributed by atoms with Gasteiger partial charge in [-0.05, 0) is 41.6 Å². The molecule has 0 saturated carbocycles. The van der Waals surface area contributed by atoms with Gasteiger partial charge in [0.15, 0.2) is 5.58 Å². The molecule has 5 heteroatoms. The van der Waals surface area contributed by atoms with Gasteiger partial charge in [-0.2, -0.15) is 0 Å². The van der Waals surface area contributed by atoms with Gasteiger partial charge in [-0.15, -0.1) is 0 Å². The predicted octanol–water partition coefficient (Wildman–Crippen LogP) is 4.12. The normalized spacial score (nSPS) is 11.1. The molecule has 1 aromatic heterocycles. The van der Waals surface area contributed by atoms with Crippen LogP contribution < -0.4 is 0 Å². The van der Waals surface area contributed by atoms with Crippen LogP contribution in [-0.2, 0) is 6.61 Å². The fourth-order valence-electron chi connectivity index (χ4n) is 1.71. The third-order valence-corrected chi connectivity index (χ3v) is 4.00. The largest absolute Gasteiger partial charge is 0.431 e. The Morgan fingerprint density at radius 1 is 1.21 bits per heavy atom. The van der Waals surface area contributed by atoms with Gasteiger partial charge in [0, 0.05) is 4.90 Å². The number of hydrogen-bond donors (Lipinski definition) is 1. The minimum Gasteiger partial charge on any atom is -0.431 e. The summed E-state index contributed by atoms with van der Waals surface area (Å²) in [5, 5.41) is 10.2. The topological polar surface area (TPSA) is 46.3 Å². The summed E-state index contributed by atoms with van der Waals surface area (Å²) < 4.78 is 5.63. The molecule has 0 aliphatic carbocycles. The molecule has 2 aromatic carbocycles. The number of fused-ring (bicyclic) bond motifs is 1. The molecule has 0 unspecified atom stereocenters. The molecular weight excluding hydrogens is 282 g/mol. The highest BCUT2D eigenvalue weighted by Crippen LogP contribution is 2.34. The molecule has 3 aromatic rings. The number of aliphatic hydroxyl groups is 1. The lowest BCUT2D eigenvalue weighted by molar-refractivity contribution is 0.282. The van der Waals surface area contributed by atoms with Crippen molar-refractivity contribution in [3.8, 4) is 0 Å². The first-order valence-corrected chi connectivity index (χ1v) is 6.88. The Hall–Kier alpha value is -1.49. The number of hydrogen-bond acceptors (Lipinski definition) is 4. The molecule has 0 atom stereocenters. The van der Waals surface area contributed by atoms with Gasteiger partial charge in [0.1, 0.15) is 5.52 Å². The van der Waals surface area contributed by atoms with E-state index in [9.17, 15) is 0 Å². The maximum absolute atomic E-state index is 9.04.